The van der Waals surface area contributed by atoms with Crippen LogP contribution in [0.5, 0.6) is 11.5 Å². The standard InChI is InChI=1S/C22H28N2O3/c1-4-13-27-21-11-6-5-10-20(21)24-22(25)16-23-18-8-7-9-19(15-18)26-14-12-17(2)3/h4-11,15,17,23H,1,12-14,16H2,2-3H3,(H,24,25). The van der Waals surface area contributed by atoms with E-state index in [1.54, 1.807) is 12.1 Å². The fourth-order valence-corrected chi connectivity index (χ4v) is 2.33. The van der Waals surface area contributed by atoms with Gasteiger partial charge in [0.05, 0.1) is 18.8 Å². The number of para-hydroxylation sites is 2. The van der Waals surface area contributed by atoms with Crippen molar-refractivity contribution in [1.29, 1.82) is 0 Å². The smallest absolute Gasteiger partial charge is 0.243 e. The van der Waals surface area contributed by atoms with Crippen molar-refractivity contribution >= 4 is 17.3 Å². The van der Waals surface area contributed by atoms with Crippen LogP contribution >= 0.6 is 0 Å². The Balaban J connectivity index is 1.86. The molecule has 2 N–H and O–H groups in total. The molecule has 1 amide bonds. The largest absolute Gasteiger partial charge is 0.494 e. The minimum Gasteiger partial charge on any atom is -0.494 e. The maximum Gasteiger partial charge on any atom is 0.243 e. The van der Waals surface area contributed by atoms with Gasteiger partial charge in [-0.3, -0.25) is 4.79 Å². The first kappa shape index (κ1) is 20.4. The van der Waals surface area contributed by atoms with Crippen LogP contribution in [-0.2, 0) is 4.79 Å². The van der Waals surface area contributed by atoms with Crippen LogP contribution in [0.25, 0.3) is 0 Å². The molecule has 0 unspecified atom stereocenters. The summed E-state index contributed by atoms with van der Waals surface area (Å²) >= 11 is 0. The van der Waals surface area contributed by atoms with Crippen molar-refractivity contribution < 1.29 is 14.3 Å². The highest BCUT2D eigenvalue weighted by Crippen LogP contribution is 2.23. The van der Waals surface area contributed by atoms with Gasteiger partial charge >= 0.3 is 0 Å². The van der Waals surface area contributed by atoms with E-state index >= 15 is 0 Å². The van der Waals surface area contributed by atoms with Crippen LogP contribution in [0.4, 0.5) is 11.4 Å². The molecule has 5 heteroatoms. The summed E-state index contributed by atoms with van der Waals surface area (Å²) in [4.78, 5) is 12.3. The first-order valence-electron chi connectivity index (χ1n) is 9.17. The zero-order valence-electron chi connectivity index (χ0n) is 16.0. The average Bonchev–Trinajstić information content (AvgIpc) is 2.66. The quantitative estimate of drug-likeness (QED) is 0.563. The van der Waals surface area contributed by atoms with Gasteiger partial charge in [0.25, 0.3) is 0 Å². The van der Waals surface area contributed by atoms with Gasteiger partial charge in [-0.15, -0.1) is 0 Å². The number of ether oxygens (including phenoxy) is 2. The van der Waals surface area contributed by atoms with E-state index in [0.29, 0.717) is 30.6 Å². The molecule has 144 valence electrons. The summed E-state index contributed by atoms with van der Waals surface area (Å²) in [6.45, 7) is 9.18. The molecule has 0 aliphatic carbocycles. The summed E-state index contributed by atoms with van der Waals surface area (Å²) in [5, 5.41) is 5.98. The van der Waals surface area contributed by atoms with Crippen LogP contribution in [0.15, 0.2) is 61.2 Å². The van der Waals surface area contributed by atoms with Crippen LogP contribution in [0.1, 0.15) is 20.3 Å². The highest BCUT2D eigenvalue weighted by molar-refractivity contribution is 5.95. The van der Waals surface area contributed by atoms with Gasteiger partial charge in [0.15, 0.2) is 0 Å². The lowest BCUT2D eigenvalue weighted by Gasteiger charge is -2.13. The van der Waals surface area contributed by atoms with Crippen LogP contribution in [0.3, 0.4) is 0 Å². The number of anilines is 2. The Morgan fingerprint density at radius 3 is 2.74 bits per heavy atom. The molecule has 2 aromatic carbocycles. The van der Waals surface area contributed by atoms with Gasteiger partial charge in [0, 0.05) is 11.8 Å². The second kappa shape index (κ2) is 10.9. The molecule has 0 spiro atoms. The second-order valence-corrected chi connectivity index (χ2v) is 6.56. The molecule has 0 aromatic heterocycles. The summed E-state index contributed by atoms with van der Waals surface area (Å²) in [5.41, 5.74) is 1.47. The molecule has 0 bridgehead atoms. The summed E-state index contributed by atoms with van der Waals surface area (Å²) in [7, 11) is 0. The van der Waals surface area contributed by atoms with E-state index in [9.17, 15) is 4.79 Å². The number of hydrogen-bond acceptors (Lipinski definition) is 4. The SMILES string of the molecule is C=CCOc1ccccc1NC(=O)CNc1cccc(OCCC(C)C)c1. The number of benzene rings is 2. The van der Waals surface area contributed by atoms with Crippen LogP contribution < -0.4 is 20.1 Å². The average molecular weight is 368 g/mol. The third-order valence-corrected chi connectivity index (χ3v) is 3.77. The minimum atomic E-state index is -0.157. The van der Waals surface area contributed by atoms with Gasteiger partial charge in [-0.1, -0.05) is 44.7 Å². The zero-order valence-corrected chi connectivity index (χ0v) is 16.0. The van der Waals surface area contributed by atoms with Crippen molar-refractivity contribution in [3.05, 3.63) is 61.2 Å². The normalized spacial score (nSPS) is 10.3. The summed E-state index contributed by atoms with van der Waals surface area (Å²) < 4.78 is 11.3. The molecule has 0 heterocycles. The van der Waals surface area contributed by atoms with Gasteiger partial charge < -0.3 is 20.1 Å². The van der Waals surface area contributed by atoms with Crippen LogP contribution in [-0.4, -0.2) is 25.7 Å². The number of amides is 1. The Labute approximate surface area is 161 Å². The molecular formula is C22H28N2O3. The van der Waals surface area contributed by atoms with E-state index in [-0.39, 0.29) is 12.5 Å². The molecule has 0 saturated carbocycles. The maximum absolute atomic E-state index is 12.3. The third kappa shape index (κ3) is 7.44. The minimum absolute atomic E-state index is 0.144. The third-order valence-electron chi connectivity index (χ3n) is 3.77. The van der Waals surface area contributed by atoms with Gasteiger partial charge in [0.1, 0.15) is 18.1 Å². The van der Waals surface area contributed by atoms with Crippen LogP contribution in [0, 0.1) is 5.92 Å². The molecule has 2 aromatic rings. The Morgan fingerprint density at radius 2 is 1.96 bits per heavy atom. The topological polar surface area (TPSA) is 59.6 Å². The second-order valence-electron chi connectivity index (χ2n) is 6.56. The molecule has 2 rings (SSSR count). The van der Waals surface area contributed by atoms with Crippen molar-refractivity contribution in [2.45, 2.75) is 20.3 Å². The van der Waals surface area contributed by atoms with Crippen molar-refractivity contribution in [1.82, 2.24) is 0 Å². The predicted octanol–water partition coefficient (Wildman–Crippen LogP) is 4.73. The number of nitrogens with one attached hydrogen (secondary N) is 2. The lowest BCUT2D eigenvalue weighted by molar-refractivity contribution is -0.114. The van der Waals surface area contributed by atoms with E-state index in [1.807, 2.05) is 42.5 Å². The monoisotopic (exact) mass is 368 g/mol. The molecule has 0 fully saturated rings. The first-order chi connectivity index (χ1) is 13.1. The molecule has 0 aliphatic rings. The molecule has 5 nitrogen and oxygen atoms in total. The van der Waals surface area contributed by atoms with E-state index < -0.39 is 0 Å². The van der Waals surface area contributed by atoms with Crippen LogP contribution in [0.2, 0.25) is 0 Å². The Morgan fingerprint density at radius 1 is 1.15 bits per heavy atom. The highest BCUT2D eigenvalue weighted by atomic mass is 16.5. The molecular weight excluding hydrogens is 340 g/mol. The molecule has 0 radical (unpaired) electrons. The van der Waals surface area contributed by atoms with Gasteiger partial charge in [0.2, 0.25) is 5.91 Å². The molecule has 0 saturated heterocycles. The Kier molecular flexibility index (Phi) is 8.23. The number of carbonyl (C=O) groups excluding carboxylic acids is 1. The lowest BCUT2D eigenvalue weighted by Crippen LogP contribution is -2.22. The van der Waals surface area contributed by atoms with E-state index in [2.05, 4.69) is 31.1 Å². The fraction of sp³-hybridized carbons (Fsp3) is 0.318. The van der Waals surface area contributed by atoms with Gasteiger partial charge in [-0.25, -0.2) is 0 Å². The summed E-state index contributed by atoms with van der Waals surface area (Å²) in [5.74, 6) is 1.86. The number of carbonyl (C=O) groups is 1. The van der Waals surface area contributed by atoms with Crippen molar-refractivity contribution in [3.63, 3.8) is 0 Å². The number of rotatable bonds is 11. The summed E-state index contributed by atoms with van der Waals surface area (Å²) in [6, 6.07) is 14.9. The van der Waals surface area contributed by atoms with E-state index in [1.165, 1.54) is 0 Å². The van der Waals surface area contributed by atoms with Crippen molar-refractivity contribution in [2.75, 3.05) is 30.4 Å². The Hall–Kier alpha value is -2.95. The predicted molar refractivity (Wildman–Crippen MR) is 111 cm³/mol. The molecule has 0 atom stereocenters. The fourth-order valence-electron chi connectivity index (χ4n) is 2.33. The van der Waals surface area contributed by atoms with Gasteiger partial charge in [-0.05, 0) is 36.6 Å². The van der Waals surface area contributed by atoms with E-state index in [0.717, 1.165) is 17.9 Å². The molecule has 27 heavy (non-hydrogen) atoms. The molecule has 0 aliphatic heterocycles. The van der Waals surface area contributed by atoms with Gasteiger partial charge in [-0.2, -0.15) is 0 Å². The Bertz CT molecular complexity index is 744. The van der Waals surface area contributed by atoms with Crippen molar-refractivity contribution in [3.8, 4) is 11.5 Å². The van der Waals surface area contributed by atoms with E-state index in [4.69, 9.17) is 9.47 Å². The van der Waals surface area contributed by atoms with Crippen molar-refractivity contribution in [2.24, 2.45) is 5.92 Å². The maximum atomic E-state index is 12.3. The lowest BCUT2D eigenvalue weighted by atomic mass is 10.1. The number of hydrogen-bond donors (Lipinski definition) is 2. The highest BCUT2D eigenvalue weighted by Gasteiger charge is 2.07. The first-order valence-corrected chi connectivity index (χ1v) is 9.17. The summed E-state index contributed by atoms with van der Waals surface area (Å²) in [6.07, 6.45) is 2.67. The zero-order chi connectivity index (χ0) is 19.5.